The monoisotopic (exact) mass is 309 g/mol. The van der Waals surface area contributed by atoms with E-state index in [1.807, 2.05) is 0 Å². The number of ether oxygens (including phenoxy) is 3. The molecule has 0 bridgehead atoms. The smallest absolute Gasteiger partial charge is 0.168 e. The van der Waals surface area contributed by atoms with Crippen LogP contribution in [0.4, 0.5) is 0 Å². The van der Waals surface area contributed by atoms with Gasteiger partial charge in [0.1, 0.15) is 0 Å². The van der Waals surface area contributed by atoms with E-state index in [1.54, 1.807) is 0 Å². The lowest BCUT2D eigenvalue weighted by atomic mass is 9.78. The Bertz CT molecular complexity index is 359. The van der Waals surface area contributed by atoms with Crippen LogP contribution < -0.4 is 5.32 Å². The zero-order valence-corrected chi connectivity index (χ0v) is 13.8. The molecule has 2 saturated heterocycles. The molecule has 4 aliphatic rings. The van der Waals surface area contributed by atoms with Crippen molar-refractivity contribution in [2.75, 3.05) is 19.8 Å². The van der Waals surface area contributed by atoms with Crippen LogP contribution in [0.5, 0.6) is 0 Å². The second-order valence-corrected chi connectivity index (χ2v) is 7.83. The van der Waals surface area contributed by atoms with Crippen molar-refractivity contribution >= 4 is 0 Å². The molecule has 4 nitrogen and oxygen atoms in total. The van der Waals surface area contributed by atoms with Gasteiger partial charge in [-0.15, -0.1) is 0 Å². The predicted octanol–water partition coefficient (Wildman–Crippen LogP) is 3.14. The minimum atomic E-state index is -0.224. The minimum Gasteiger partial charge on any atom is -0.375 e. The van der Waals surface area contributed by atoms with Gasteiger partial charge in [0.15, 0.2) is 5.79 Å². The number of hydrogen-bond acceptors (Lipinski definition) is 4. The fourth-order valence-electron chi connectivity index (χ4n) is 5.06. The Labute approximate surface area is 134 Å². The Morgan fingerprint density at radius 3 is 2.14 bits per heavy atom. The maximum Gasteiger partial charge on any atom is 0.168 e. The third kappa shape index (κ3) is 3.21. The molecular formula is C18H31NO3. The zero-order chi connectivity index (χ0) is 14.9. The van der Waals surface area contributed by atoms with E-state index < -0.39 is 0 Å². The summed E-state index contributed by atoms with van der Waals surface area (Å²) < 4.78 is 17.9. The summed E-state index contributed by atoms with van der Waals surface area (Å²) in [5.74, 6) is -0.224. The quantitative estimate of drug-likeness (QED) is 0.850. The van der Waals surface area contributed by atoms with Crippen molar-refractivity contribution in [3.8, 4) is 0 Å². The third-order valence-corrected chi connectivity index (χ3v) is 6.29. The molecule has 2 saturated carbocycles. The summed E-state index contributed by atoms with van der Waals surface area (Å²) in [6, 6.07) is 1.29. The van der Waals surface area contributed by atoms with E-state index in [-0.39, 0.29) is 11.4 Å². The molecule has 126 valence electrons. The maximum absolute atomic E-state index is 6.22. The summed E-state index contributed by atoms with van der Waals surface area (Å²) in [4.78, 5) is 0. The highest BCUT2D eigenvalue weighted by atomic mass is 16.7. The highest BCUT2D eigenvalue weighted by molar-refractivity contribution is 4.94. The standard InChI is InChI=1S/C18H31NO3/c1-2-7-17(8-3-1)14-16(6-11-20-17)19-15-4-9-18(10-5-15)21-12-13-22-18/h15-16,19H,1-14H2/t16-/m0/s1. The molecule has 2 aliphatic heterocycles. The SMILES string of the molecule is C1CCC2(CC1)C[C@@H](NC1CCC3(CC1)OCCO3)CCO2. The van der Waals surface area contributed by atoms with Crippen LogP contribution in [-0.4, -0.2) is 43.3 Å². The number of rotatable bonds is 2. The Morgan fingerprint density at radius 1 is 0.682 bits per heavy atom. The van der Waals surface area contributed by atoms with Crippen molar-refractivity contribution in [3.63, 3.8) is 0 Å². The van der Waals surface area contributed by atoms with Gasteiger partial charge >= 0.3 is 0 Å². The minimum absolute atomic E-state index is 0.210. The van der Waals surface area contributed by atoms with E-state index in [9.17, 15) is 0 Å². The lowest BCUT2D eigenvalue weighted by molar-refractivity contribution is -0.180. The van der Waals surface area contributed by atoms with Crippen molar-refractivity contribution in [2.45, 2.75) is 94.1 Å². The first kappa shape index (κ1) is 15.4. The van der Waals surface area contributed by atoms with Crippen molar-refractivity contribution < 1.29 is 14.2 Å². The molecule has 2 heterocycles. The van der Waals surface area contributed by atoms with Crippen molar-refractivity contribution in [1.29, 1.82) is 0 Å². The fourth-order valence-corrected chi connectivity index (χ4v) is 5.06. The van der Waals surface area contributed by atoms with Crippen LogP contribution in [0.3, 0.4) is 0 Å². The Balaban J connectivity index is 1.28. The molecule has 22 heavy (non-hydrogen) atoms. The highest BCUT2D eigenvalue weighted by Gasteiger charge is 2.42. The summed E-state index contributed by atoms with van der Waals surface area (Å²) in [5.41, 5.74) is 0.210. The third-order valence-electron chi connectivity index (χ3n) is 6.29. The first-order chi connectivity index (χ1) is 10.8. The van der Waals surface area contributed by atoms with Crippen molar-refractivity contribution in [2.24, 2.45) is 0 Å². The molecule has 0 aromatic heterocycles. The highest BCUT2D eigenvalue weighted by Crippen LogP contribution is 2.40. The first-order valence-corrected chi connectivity index (χ1v) is 9.46. The molecule has 4 heteroatoms. The summed E-state index contributed by atoms with van der Waals surface area (Å²) in [6.45, 7) is 2.50. The summed E-state index contributed by atoms with van der Waals surface area (Å²) in [6.07, 6.45) is 13.5. The molecule has 0 aromatic carbocycles. The second-order valence-electron chi connectivity index (χ2n) is 7.83. The van der Waals surface area contributed by atoms with Gasteiger partial charge in [0, 0.05) is 31.5 Å². The molecule has 0 aromatic rings. The average Bonchev–Trinajstić information content (AvgIpc) is 2.99. The Kier molecular flexibility index (Phi) is 4.46. The second kappa shape index (κ2) is 6.39. The normalized spacial score (nSPS) is 35.2. The molecule has 0 radical (unpaired) electrons. The van der Waals surface area contributed by atoms with Gasteiger partial charge in [0.25, 0.3) is 0 Å². The van der Waals surface area contributed by atoms with E-state index in [0.29, 0.717) is 12.1 Å². The van der Waals surface area contributed by atoms with Crippen LogP contribution in [0.2, 0.25) is 0 Å². The van der Waals surface area contributed by atoms with E-state index in [1.165, 1.54) is 57.8 Å². The number of hydrogen-bond donors (Lipinski definition) is 1. The lowest BCUT2D eigenvalue weighted by Gasteiger charge is -2.45. The van der Waals surface area contributed by atoms with Crippen LogP contribution in [-0.2, 0) is 14.2 Å². The molecule has 2 spiro atoms. The largest absolute Gasteiger partial charge is 0.375 e. The number of nitrogens with one attached hydrogen (secondary N) is 1. The molecule has 4 rings (SSSR count). The molecule has 1 N–H and O–H groups in total. The molecule has 2 aliphatic carbocycles. The van der Waals surface area contributed by atoms with Crippen LogP contribution in [0, 0.1) is 0 Å². The van der Waals surface area contributed by atoms with Gasteiger partial charge in [-0.3, -0.25) is 0 Å². The van der Waals surface area contributed by atoms with Crippen LogP contribution in [0.25, 0.3) is 0 Å². The van der Waals surface area contributed by atoms with Gasteiger partial charge in [0.2, 0.25) is 0 Å². The van der Waals surface area contributed by atoms with Crippen LogP contribution in [0.15, 0.2) is 0 Å². The van der Waals surface area contributed by atoms with Gasteiger partial charge in [-0.05, 0) is 38.5 Å². The van der Waals surface area contributed by atoms with Crippen LogP contribution in [0.1, 0.15) is 70.6 Å². The maximum atomic E-state index is 6.22. The van der Waals surface area contributed by atoms with Gasteiger partial charge < -0.3 is 19.5 Å². The molecule has 0 unspecified atom stereocenters. The lowest BCUT2D eigenvalue weighted by Crippen LogP contribution is -2.52. The van der Waals surface area contributed by atoms with Crippen molar-refractivity contribution in [3.05, 3.63) is 0 Å². The summed E-state index contributed by atoms with van der Waals surface area (Å²) >= 11 is 0. The predicted molar refractivity (Wildman–Crippen MR) is 84.8 cm³/mol. The van der Waals surface area contributed by atoms with E-state index in [4.69, 9.17) is 14.2 Å². The molecule has 0 amide bonds. The summed E-state index contributed by atoms with van der Waals surface area (Å²) in [7, 11) is 0. The van der Waals surface area contributed by atoms with Gasteiger partial charge in [-0.25, -0.2) is 0 Å². The Hall–Kier alpha value is -0.160. The van der Waals surface area contributed by atoms with E-state index >= 15 is 0 Å². The molecule has 4 fully saturated rings. The van der Waals surface area contributed by atoms with E-state index in [0.717, 1.165) is 32.7 Å². The van der Waals surface area contributed by atoms with E-state index in [2.05, 4.69) is 5.32 Å². The topological polar surface area (TPSA) is 39.7 Å². The van der Waals surface area contributed by atoms with Crippen LogP contribution >= 0.6 is 0 Å². The van der Waals surface area contributed by atoms with Crippen molar-refractivity contribution in [1.82, 2.24) is 5.32 Å². The zero-order valence-electron chi connectivity index (χ0n) is 13.8. The molecular weight excluding hydrogens is 278 g/mol. The van der Waals surface area contributed by atoms with Gasteiger partial charge in [-0.1, -0.05) is 19.3 Å². The van der Waals surface area contributed by atoms with Gasteiger partial charge in [0.05, 0.1) is 18.8 Å². The first-order valence-electron chi connectivity index (χ1n) is 9.46. The fraction of sp³-hybridized carbons (Fsp3) is 1.00. The summed E-state index contributed by atoms with van der Waals surface area (Å²) in [5, 5.41) is 3.94. The molecule has 1 atom stereocenters. The van der Waals surface area contributed by atoms with Gasteiger partial charge in [-0.2, -0.15) is 0 Å². The Morgan fingerprint density at radius 2 is 1.41 bits per heavy atom. The average molecular weight is 309 g/mol.